The van der Waals surface area contributed by atoms with E-state index in [9.17, 15) is 14.7 Å². The van der Waals surface area contributed by atoms with Gasteiger partial charge in [-0.1, -0.05) is 55.4 Å². The van der Waals surface area contributed by atoms with Crippen LogP contribution in [0.2, 0.25) is 22.2 Å². The molecule has 182 valence electrons. The van der Waals surface area contributed by atoms with Gasteiger partial charge in [0.25, 0.3) is 5.56 Å². The van der Waals surface area contributed by atoms with Crippen LogP contribution < -0.4 is 11.2 Å². The largest absolute Gasteiger partial charge is 0.414 e. The number of aromatic amines is 1. The summed E-state index contributed by atoms with van der Waals surface area (Å²) in [6.07, 6.45) is -2.04. The average molecular weight is 487 g/mol. The van der Waals surface area contributed by atoms with Crippen molar-refractivity contribution in [2.45, 2.75) is 102 Å². The molecule has 2 saturated heterocycles. The SMILES string of the molecule is CC(C)[Si]1(C(C)C)OC[C@H]2O[C@@H](n3ccc(=O)[nH]c3=O)C(O)C2O[Si](C(C)C)(C(C)C)O1. The van der Waals surface area contributed by atoms with Gasteiger partial charge in [0.05, 0.1) is 6.61 Å². The Morgan fingerprint density at radius 1 is 1.00 bits per heavy atom. The van der Waals surface area contributed by atoms with Crippen molar-refractivity contribution in [1.82, 2.24) is 9.55 Å². The smallest absolute Gasteiger partial charge is 0.335 e. The van der Waals surface area contributed by atoms with E-state index in [0.29, 0.717) is 0 Å². The maximum atomic E-state index is 12.4. The van der Waals surface area contributed by atoms with Crippen molar-refractivity contribution in [3.63, 3.8) is 0 Å². The lowest BCUT2D eigenvalue weighted by molar-refractivity contribution is -0.0600. The van der Waals surface area contributed by atoms with E-state index in [0.717, 1.165) is 0 Å². The number of ether oxygens (including phenoxy) is 1. The molecule has 2 N–H and O–H groups in total. The van der Waals surface area contributed by atoms with E-state index in [1.807, 2.05) is 0 Å². The van der Waals surface area contributed by atoms with E-state index in [4.69, 9.17) is 17.7 Å². The van der Waals surface area contributed by atoms with Crippen LogP contribution in [0.25, 0.3) is 0 Å². The fourth-order valence-corrected chi connectivity index (χ4v) is 16.2. The van der Waals surface area contributed by atoms with E-state index < -0.39 is 52.9 Å². The molecule has 4 atom stereocenters. The number of aliphatic hydroxyl groups is 1. The maximum absolute atomic E-state index is 12.4. The molecule has 2 fully saturated rings. The number of nitrogens with one attached hydrogen (secondary N) is 1. The van der Waals surface area contributed by atoms with Gasteiger partial charge in [-0.3, -0.25) is 14.3 Å². The first-order valence-corrected chi connectivity index (χ1v) is 15.5. The van der Waals surface area contributed by atoms with Crippen molar-refractivity contribution in [3.8, 4) is 0 Å². The highest BCUT2D eigenvalue weighted by Gasteiger charge is 2.61. The Morgan fingerprint density at radius 2 is 1.56 bits per heavy atom. The fourth-order valence-electron chi connectivity index (χ4n) is 4.99. The highest BCUT2D eigenvalue weighted by Crippen LogP contribution is 2.48. The lowest BCUT2D eigenvalue weighted by atomic mass is 10.1. The summed E-state index contributed by atoms with van der Waals surface area (Å²) in [7, 11) is -5.63. The summed E-state index contributed by atoms with van der Waals surface area (Å²) in [4.78, 5) is 26.1. The molecule has 2 aliphatic rings. The summed E-state index contributed by atoms with van der Waals surface area (Å²) >= 11 is 0. The van der Waals surface area contributed by atoms with Gasteiger partial charge in [-0.25, -0.2) is 4.79 Å². The first-order chi connectivity index (χ1) is 14.9. The molecule has 3 heterocycles. The Hall–Kier alpha value is -1.09. The molecule has 0 amide bonds. The van der Waals surface area contributed by atoms with Crippen molar-refractivity contribution < 1.29 is 22.8 Å². The lowest BCUT2D eigenvalue weighted by Crippen LogP contribution is -2.65. The Morgan fingerprint density at radius 3 is 2.06 bits per heavy atom. The molecule has 0 aliphatic carbocycles. The number of fused-ring (bicyclic) bond motifs is 1. The summed E-state index contributed by atoms with van der Waals surface area (Å²) in [6.45, 7) is 17.2. The van der Waals surface area contributed by atoms with Gasteiger partial charge >= 0.3 is 22.8 Å². The number of nitrogens with zero attached hydrogens (tertiary/aromatic N) is 1. The summed E-state index contributed by atoms with van der Waals surface area (Å²) in [6, 6.07) is 1.23. The summed E-state index contributed by atoms with van der Waals surface area (Å²) in [5.74, 6) is 0. The summed E-state index contributed by atoms with van der Waals surface area (Å²) < 4.78 is 27.9. The topological polar surface area (TPSA) is 112 Å². The minimum absolute atomic E-state index is 0.108. The number of aromatic nitrogens is 2. The summed E-state index contributed by atoms with van der Waals surface area (Å²) in [5, 5.41) is 11.2. The van der Waals surface area contributed by atoms with E-state index in [-0.39, 0.29) is 28.8 Å². The van der Waals surface area contributed by atoms with Crippen LogP contribution in [0.1, 0.15) is 61.6 Å². The van der Waals surface area contributed by atoms with Crippen molar-refractivity contribution >= 4 is 17.1 Å². The molecule has 32 heavy (non-hydrogen) atoms. The van der Waals surface area contributed by atoms with Gasteiger partial charge in [-0.05, 0) is 22.2 Å². The van der Waals surface area contributed by atoms with Crippen LogP contribution in [0.4, 0.5) is 0 Å². The standard InChI is InChI=1S/C21H38N2O7Si2/c1-12(2)31(13(3)4)27-11-16-19(29-32(30-31,14(5)6)15(7)8)18(25)20(28-16)23-10-9-17(24)22-21(23)26/h9-10,12-16,18-20,25H,11H2,1-8H3,(H,22,24,26)/t16-,18?,19?,20-/m1/s1. The number of hydrogen-bond acceptors (Lipinski definition) is 7. The van der Waals surface area contributed by atoms with Crippen molar-refractivity contribution in [2.24, 2.45) is 0 Å². The van der Waals surface area contributed by atoms with Crippen LogP contribution in [-0.4, -0.2) is 56.7 Å². The van der Waals surface area contributed by atoms with E-state index in [2.05, 4.69) is 60.4 Å². The number of hydrogen-bond donors (Lipinski definition) is 2. The molecule has 0 saturated carbocycles. The Labute approximate surface area is 191 Å². The third-order valence-electron chi connectivity index (χ3n) is 6.77. The molecule has 0 bridgehead atoms. The van der Waals surface area contributed by atoms with Crippen LogP contribution in [0, 0.1) is 0 Å². The van der Waals surface area contributed by atoms with Gasteiger partial charge < -0.3 is 22.8 Å². The highest BCUT2D eigenvalue weighted by molar-refractivity contribution is 6.83. The Balaban J connectivity index is 2.08. The number of aliphatic hydroxyl groups excluding tert-OH is 1. The molecule has 1 aromatic rings. The Bertz CT molecular complexity index is 898. The molecule has 11 heteroatoms. The van der Waals surface area contributed by atoms with Crippen LogP contribution in [0.5, 0.6) is 0 Å². The van der Waals surface area contributed by atoms with Crippen molar-refractivity contribution in [3.05, 3.63) is 33.1 Å². The van der Waals surface area contributed by atoms with Crippen molar-refractivity contribution in [1.29, 1.82) is 0 Å². The molecular weight excluding hydrogens is 448 g/mol. The second kappa shape index (κ2) is 9.28. The molecule has 2 aliphatic heterocycles. The molecule has 0 radical (unpaired) electrons. The first-order valence-electron chi connectivity index (χ1n) is 11.5. The van der Waals surface area contributed by atoms with E-state index >= 15 is 0 Å². The highest BCUT2D eigenvalue weighted by atomic mass is 28.5. The third kappa shape index (κ3) is 4.24. The van der Waals surface area contributed by atoms with Gasteiger partial charge in [-0.15, -0.1) is 0 Å². The lowest BCUT2D eigenvalue weighted by Gasteiger charge is -2.51. The molecule has 1 aromatic heterocycles. The molecule has 2 unspecified atom stereocenters. The molecule has 0 aromatic carbocycles. The summed E-state index contributed by atoms with van der Waals surface area (Å²) in [5.41, 5.74) is -0.551. The zero-order chi connectivity index (χ0) is 24.0. The van der Waals surface area contributed by atoms with Crippen LogP contribution >= 0.6 is 0 Å². The Kier molecular flexibility index (Phi) is 7.40. The molecule has 3 rings (SSSR count). The normalized spacial score (nSPS) is 30.0. The maximum Gasteiger partial charge on any atom is 0.335 e. The zero-order valence-corrected chi connectivity index (χ0v) is 22.3. The fraction of sp³-hybridized carbons (Fsp3) is 0.810. The molecule has 9 nitrogen and oxygen atoms in total. The monoisotopic (exact) mass is 486 g/mol. The number of H-pyrrole nitrogens is 1. The van der Waals surface area contributed by atoms with Crippen LogP contribution in [0.15, 0.2) is 21.9 Å². The van der Waals surface area contributed by atoms with Crippen LogP contribution in [-0.2, 0) is 17.7 Å². The average Bonchev–Trinajstić information content (AvgIpc) is 2.96. The van der Waals surface area contributed by atoms with Gasteiger partial charge in [0.1, 0.15) is 18.3 Å². The molecular formula is C21H38N2O7Si2. The molecule has 0 spiro atoms. The van der Waals surface area contributed by atoms with E-state index in [1.165, 1.54) is 16.8 Å². The van der Waals surface area contributed by atoms with Crippen LogP contribution in [0.3, 0.4) is 0 Å². The minimum Gasteiger partial charge on any atom is -0.414 e. The van der Waals surface area contributed by atoms with Crippen molar-refractivity contribution in [2.75, 3.05) is 6.61 Å². The minimum atomic E-state index is -2.91. The number of rotatable bonds is 5. The predicted molar refractivity (Wildman–Crippen MR) is 125 cm³/mol. The zero-order valence-electron chi connectivity index (χ0n) is 20.3. The third-order valence-corrected chi connectivity index (χ3v) is 17.0. The van der Waals surface area contributed by atoms with Gasteiger partial charge in [0, 0.05) is 12.3 Å². The first kappa shape index (κ1) is 25.5. The second-order valence-electron chi connectivity index (χ2n) is 10.1. The quantitative estimate of drug-likeness (QED) is 0.616. The van der Waals surface area contributed by atoms with Gasteiger partial charge in [0.15, 0.2) is 6.23 Å². The second-order valence-corrected chi connectivity index (χ2v) is 19.0. The predicted octanol–water partition coefficient (Wildman–Crippen LogP) is 2.75. The van der Waals surface area contributed by atoms with Gasteiger partial charge in [-0.2, -0.15) is 0 Å². The van der Waals surface area contributed by atoms with E-state index in [1.54, 1.807) is 0 Å². The van der Waals surface area contributed by atoms with Gasteiger partial charge in [0.2, 0.25) is 0 Å².